The third-order valence-corrected chi connectivity index (χ3v) is 8.63. The molecule has 4 aliphatic heterocycles. The van der Waals surface area contributed by atoms with Gasteiger partial charge in [-0.1, -0.05) is 32.9 Å². The minimum absolute atomic E-state index is 0.0182. The molecule has 3 fully saturated rings. The molecule has 2 amide bonds. The number of guanidine groups is 2. The van der Waals surface area contributed by atoms with Crippen LogP contribution in [0.2, 0.25) is 0 Å². The van der Waals surface area contributed by atoms with E-state index in [0.717, 1.165) is 12.0 Å². The summed E-state index contributed by atoms with van der Waals surface area (Å²) in [7, 11) is 0. The topological polar surface area (TPSA) is 195 Å². The van der Waals surface area contributed by atoms with Gasteiger partial charge in [0.2, 0.25) is 5.96 Å². The number of aliphatic hydroxyl groups is 1. The molecule has 40 heavy (non-hydrogen) atoms. The lowest BCUT2D eigenvalue weighted by Gasteiger charge is -2.53. The predicted octanol–water partition coefficient (Wildman–Crippen LogP) is 0.249. The normalized spacial score (nSPS) is 31.7. The number of amides is 2. The van der Waals surface area contributed by atoms with E-state index in [0.29, 0.717) is 29.4 Å². The highest BCUT2D eigenvalue weighted by atomic mass is 16.5. The molecule has 0 aromatic heterocycles. The Balaban J connectivity index is 1.44. The minimum Gasteiger partial charge on any atom is -0.492 e. The Morgan fingerprint density at radius 1 is 1.23 bits per heavy atom. The maximum atomic E-state index is 13.6. The molecule has 8 N–H and O–H groups in total. The summed E-state index contributed by atoms with van der Waals surface area (Å²) in [6.07, 6.45) is 0.832. The maximum Gasteiger partial charge on any atom is 0.407 e. The summed E-state index contributed by atoms with van der Waals surface area (Å²) in [5.41, 5.74) is -2.52. The van der Waals surface area contributed by atoms with E-state index < -0.39 is 41.4 Å². The molecular weight excluding hydrogens is 520 g/mol. The third kappa shape index (κ3) is 4.00. The fourth-order valence-electron chi connectivity index (χ4n) is 6.41. The number of hydroxylamine groups is 2. The zero-order valence-corrected chi connectivity index (χ0v) is 23.1. The number of rotatable bonds is 6. The SMILES string of the molecule is CCCOC(=O)NC[C@@H]1NC(=N)N2C[C@H](NC(=O)c3cccc4c3OCCC4(C)C)[C@](C)(O)C23C1NC(=N)N3O. The number of carbonyl (C=O) groups excluding carboxylic acids is 2. The molecular formula is C26H38N8O6. The van der Waals surface area contributed by atoms with E-state index in [1.54, 1.807) is 12.1 Å². The van der Waals surface area contributed by atoms with Crippen LogP contribution in [-0.2, 0) is 10.2 Å². The van der Waals surface area contributed by atoms with Crippen LogP contribution in [0.1, 0.15) is 56.5 Å². The average molecular weight is 559 g/mol. The molecule has 4 aliphatic rings. The van der Waals surface area contributed by atoms with E-state index in [1.165, 1.54) is 11.8 Å². The standard InChI is InChI=1S/C26H38N8O6/c1-5-10-40-23(36)29-12-16-19-26(34(38)22(28)32-19)25(4,37)17(13-33(26)21(27)30-16)31-20(35)14-7-6-8-15-18(14)39-11-9-24(15,2)3/h6-8,16-17,19,37-38H,5,9-13H2,1-4H3,(H2,27,30)(H2,28,32)(H,29,36)(H,31,35)/t16-,17-,19?,25-,26?/m0/s1. The van der Waals surface area contributed by atoms with Crippen molar-refractivity contribution in [2.75, 3.05) is 26.3 Å². The van der Waals surface area contributed by atoms with Crippen LogP contribution in [0.3, 0.4) is 0 Å². The van der Waals surface area contributed by atoms with Gasteiger partial charge in [-0.2, -0.15) is 5.06 Å². The number of alkyl carbamates (subject to hydrolysis) is 1. The Bertz CT molecular complexity index is 1240. The molecule has 0 saturated carbocycles. The zero-order valence-electron chi connectivity index (χ0n) is 23.1. The molecule has 5 atom stereocenters. The molecule has 0 bridgehead atoms. The first-order valence-electron chi connectivity index (χ1n) is 13.5. The molecule has 14 nitrogen and oxygen atoms in total. The number of hydrogen-bond donors (Lipinski definition) is 8. The Kier molecular flexibility index (Phi) is 6.73. The van der Waals surface area contributed by atoms with Crippen molar-refractivity contribution in [3.63, 3.8) is 0 Å². The average Bonchev–Trinajstić information content (AvgIpc) is 3.31. The van der Waals surface area contributed by atoms with Crippen molar-refractivity contribution >= 4 is 23.9 Å². The van der Waals surface area contributed by atoms with E-state index >= 15 is 0 Å². The maximum absolute atomic E-state index is 13.6. The Morgan fingerprint density at radius 2 is 1.98 bits per heavy atom. The second kappa shape index (κ2) is 9.70. The lowest BCUT2D eigenvalue weighted by Crippen LogP contribution is -2.81. The number of ether oxygens (including phenoxy) is 2. The first kappa shape index (κ1) is 27.8. The van der Waals surface area contributed by atoms with Crippen LogP contribution in [0.25, 0.3) is 0 Å². The summed E-state index contributed by atoms with van der Waals surface area (Å²) < 4.78 is 11.0. The number of nitrogens with zero attached hydrogens (tertiary/aromatic N) is 2. The van der Waals surface area contributed by atoms with Gasteiger partial charge in [0.15, 0.2) is 11.6 Å². The molecule has 1 aromatic rings. The highest BCUT2D eigenvalue weighted by Crippen LogP contribution is 2.48. The molecule has 1 spiro atoms. The first-order valence-corrected chi connectivity index (χ1v) is 13.5. The molecule has 5 rings (SSSR count). The molecule has 4 heterocycles. The van der Waals surface area contributed by atoms with E-state index in [2.05, 4.69) is 35.1 Å². The summed E-state index contributed by atoms with van der Waals surface area (Å²) in [4.78, 5) is 27.2. The summed E-state index contributed by atoms with van der Waals surface area (Å²) >= 11 is 0. The van der Waals surface area contributed by atoms with Gasteiger partial charge < -0.3 is 40.7 Å². The lowest BCUT2D eigenvalue weighted by atomic mass is 9.77. The van der Waals surface area contributed by atoms with Crippen LogP contribution in [0.15, 0.2) is 18.2 Å². The summed E-state index contributed by atoms with van der Waals surface area (Å²) in [5.74, 6) is -0.481. The fraction of sp³-hybridized carbons (Fsp3) is 0.615. The summed E-state index contributed by atoms with van der Waals surface area (Å²) in [5, 5.41) is 52.4. The van der Waals surface area contributed by atoms with Crippen molar-refractivity contribution in [1.82, 2.24) is 31.2 Å². The van der Waals surface area contributed by atoms with Crippen molar-refractivity contribution in [3.05, 3.63) is 29.3 Å². The van der Waals surface area contributed by atoms with Crippen LogP contribution in [-0.4, -0.2) is 99.9 Å². The molecule has 14 heteroatoms. The largest absolute Gasteiger partial charge is 0.492 e. The summed E-state index contributed by atoms with van der Waals surface area (Å²) in [6, 6.07) is 2.88. The van der Waals surface area contributed by atoms with E-state index in [1.807, 2.05) is 13.0 Å². The van der Waals surface area contributed by atoms with Crippen molar-refractivity contribution in [1.29, 1.82) is 10.8 Å². The zero-order chi connectivity index (χ0) is 29.0. The smallest absolute Gasteiger partial charge is 0.407 e. The summed E-state index contributed by atoms with van der Waals surface area (Å²) in [6.45, 7) is 8.20. The number of carbonyl (C=O) groups is 2. The van der Waals surface area contributed by atoms with Gasteiger partial charge in [0.1, 0.15) is 11.4 Å². The predicted molar refractivity (Wildman–Crippen MR) is 143 cm³/mol. The Hall–Kier alpha value is -3.78. The molecule has 0 aliphatic carbocycles. The lowest BCUT2D eigenvalue weighted by molar-refractivity contribution is -0.218. The molecule has 0 radical (unpaired) electrons. The minimum atomic E-state index is -1.87. The van der Waals surface area contributed by atoms with Gasteiger partial charge in [0.25, 0.3) is 5.91 Å². The van der Waals surface area contributed by atoms with Crippen LogP contribution in [0.5, 0.6) is 5.75 Å². The first-order chi connectivity index (χ1) is 18.9. The van der Waals surface area contributed by atoms with Crippen molar-refractivity contribution in [3.8, 4) is 5.75 Å². The van der Waals surface area contributed by atoms with Crippen LogP contribution in [0.4, 0.5) is 4.79 Å². The van der Waals surface area contributed by atoms with Gasteiger partial charge in [-0.25, -0.2) is 4.79 Å². The highest BCUT2D eigenvalue weighted by molar-refractivity contribution is 5.98. The van der Waals surface area contributed by atoms with Crippen LogP contribution < -0.4 is 26.0 Å². The second-order valence-electron chi connectivity index (χ2n) is 11.6. The van der Waals surface area contributed by atoms with Crippen molar-refractivity contribution in [2.45, 2.75) is 75.3 Å². The van der Waals surface area contributed by atoms with Gasteiger partial charge in [0, 0.05) is 18.7 Å². The van der Waals surface area contributed by atoms with Gasteiger partial charge in [-0.05, 0) is 31.2 Å². The van der Waals surface area contributed by atoms with Gasteiger partial charge in [-0.3, -0.25) is 20.8 Å². The van der Waals surface area contributed by atoms with Gasteiger partial charge in [0.05, 0.1) is 36.9 Å². The Morgan fingerprint density at radius 3 is 2.70 bits per heavy atom. The number of nitrogens with one attached hydrogen (secondary N) is 6. The monoisotopic (exact) mass is 558 g/mol. The molecule has 3 saturated heterocycles. The molecule has 1 aromatic carbocycles. The van der Waals surface area contributed by atoms with Gasteiger partial charge in [-0.15, -0.1) is 0 Å². The van der Waals surface area contributed by atoms with Crippen LogP contribution >= 0.6 is 0 Å². The number of para-hydroxylation sites is 1. The Labute approximate surface area is 232 Å². The highest BCUT2D eigenvalue weighted by Gasteiger charge is 2.75. The van der Waals surface area contributed by atoms with Gasteiger partial charge >= 0.3 is 6.09 Å². The fourth-order valence-corrected chi connectivity index (χ4v) is 6.41. The van der Waals surface area contributed by atoms with Crippen molar-refractivity contribution < 1.29 is 29.4 Å². The number of hydrogen-bond acceptors (Lipinski definition) is 8. The molecule has 218 valence electrons. The van der Waals surface area contributed by atoms with E-state index in [4.69, 9.17) is 20.3 Å². The second-order valence-corrected chi connectivity index (χ2v) is 11.6. The number of fused-ring (bicyclic) bond motifs is 1. The van der Waals surface area contributed by atoms with Crippen molar-refractivity contribution in [2.24, 2.45) is 0 Å². The number of benzene rings is 1. The third-order valence-electron chi connectivity index (χ3n) is 8.63. The quantitative estimate of drug-likeness (QED) is 0.240. The van der Waals surface area contributed by atoms with E-state index in [9.17, 15) is 19.9 Å². The molecule has 2 unspecified atom stereocenters. The van der Waals surface area contributed by atoms with E-state index in [-0.39, 0.29) is 37.0 Å². The van der Waals surface area contributed by atoms with Crippen LogP contribution in [0, 0.1) is 10.8 Å².